The van der Waals surface area contributed by atoms with Gasteiger partial charge in [-0.15, -0.1) is 0 Å². The van der Waals surface area contributed by atoms with Crippen LogP contribution in [0.3, 0.4) is 0 Å². The highest BCUT2D eigenvalue weighted by atomic mass is 16.5. The zero-order valence-electron chi connectivity index (χ0n) is 42.0. The second kappa shape index (κ2) is 31.3. The predicted octanol–water partition coefficient (Wildman–Crippen LogP) is 5.95. The van der Waals surface area contributed by atoms with E-state index in [2.05, 4.69) is 21.6 Å². The first-order chi connectivity index (χ1) is 34.6. The third-order valence-electron chi connectivity index (χ3n) is 13.9. The van der Waals surface area contributed by atoms with Crippen molar-refractivity contribution in [2.75, 3.05) is 78.9 Å². The molecule has 0 spiro atoms. The van der Waals surface area contributed by atoms with E-state index in [1.807, 2.05) is 91.0 Å². The number of β-amino-alcohol motifs (C(OH)–C–C–N with tert-alkyl or cyclic N) is 3. The molecule has 0 bridgehead atoms. The molecule has 3 fully saturated rings. The molecule has 15 heteroatoms. The van der Waals surface area contributed by atoms with Gasteiger partial charge in [-0.25, -0.2) is 0 Å². The van der Waals surface area contributed by atoms with Gasteiger partial charge in [-0.05, 0) is 93.4 Å². The topological polar surface area (TPSA) is 177 Å². The first kappa shape index (κ1) is 56.0. The van der Waals surface area contributed by atoms with Gasteiger partial charge >= 0.3 is 17.9 Å². The molecule has 3 heterocycles. The zero-order chi connectivity index (χ0) is 50.0. The van der Waals surface area contributed by atoms with Crippen LogP contribution < -0.4 is 0 Å². The second-order valence-electron chi connectivity index (χ2n) is 19.9. The van der Waals surface area contributed by atoms with Gasteiger partial charge in [0.05, 0.1) is 38.1 Å². The number of aliphatic hydroxyl groups excluding tert-OH is 3. The standard InChI is InChI=1S/C56H81N3O12/c1-43-29-47(32-58(43)35-51(61)41-67-27-13-23-55(64)70-38-45-17-7-3-8-18-45)30-49-31-48(33-59(49)36-52(62)42-68-28-14-24-56(65)71-39-46-19-9-4-10-20-46)53-21-11-25-57(53)34-50(60)40-66-26-12-22-54(63)69-37-44-15-5-2-6-16-44/h2-10,15-20,43,47-53,60-62H,11-14,21-42H2,1H3/t43?,47?,48?,49-,50?,51?,52?,53-/m0/s1. The zero-order valence-corrected chi connectivity index (χ0v) is 42.0. The summed E-state index contributed by atoms with van der Waals surface area (Å²) in [5, 5.41) is 33.4. The first-order valence-electron chi connectivity index (χ1n) is 26.2. The molecule has 3 aromatic carbocycles. The van der Waals surface area contributed by atoms with Crippen LogP contribution >= 0.6 is 0 Å². The SMILES string of the molecule is CC1CC(C[C@H]2CC([C@@H]3CCCN3CC(O)COCCCC(=O)OCc3ccccc3)CN2CC(O)COCCCC(=O)OCc2ccccc2)CN1CC(O)COCCCC(=O)OCc1ccccc1. The average molecular weight is 988 g/mol. The van der Waals surface area contributed by atoms with Gasteiger partial charge in [0, 0.05) is 89.9 Å². The molecule has 3 aliphatic rings. The lowest BCUT2D eigenvalue weighted by Crippen LogP contribution is -2.43. The lowest BCUT2D eigenvalue weighted by atomic mass is 9.90. The summed E-state index contributed by atoms with van der Waals surface area (Å²) in [5.41, 5.74) is 2.84. The number of hydrogen-bond donors (Lipinski definition) is 3. The minimum atomic E-state index is -0.695. The van der Waals surface area contributed by atoms with E-state index in [9.17, 15) is 29.7 Å². The van der Waals surface area contributed by atoms with Crippen LogP contribution in [0, 0.1) is 11.8 Å². The van der Waals surface area contributed by atoms with Crippen LogP contribution in [-0.2, 0) is 62.6 Å². The number of ether oxygens (including phenoxy) is 6. The van der Waals surface area contributed by atoms with E-state index in [1.165, 1.54) is 0 Å². The maximum atomic E-state index is 12.3. The van der Waals surface area contributed by atoms with Gasteiger partial charge in [-0.3, -0.25) is 29.1 Å². The Morgan fingerprint density at radius 3 is 1.44 bits per heavy atom. The number of carbonyl (C=O) groups is 3. The summed E-state index contributed by atoms with van der Waals surface area (Å²) in [6.45, 7) is 8.78. The lowest BCUT2D eigenvalue weighted by Gasteiger charge is -2.31. The molecular weight excluding hydrogens is 907 g/mol. The van der Waals surface area contributed by atoms with Crippen LogP contribution in [0.4, 0.5) is 0 Å². The minimum Gasteiger partial charge on any atom is -0.461 e. The van der Waals surface area contributed by atoms with Crippen molar-refractivity contribution in [1.82, 2.24) is 14.7 Å². The van der Waals surface area contributed by atoms with Crippen molar-refractivity contribution < 1.29 is 58.1 Å². The lowest BCUT2D eigenvalue weighted by molar-refractivity contribution is -0.146. The molecule has 392 valence electrons. The molecule has 0 aromatic heterocycles. The summed E-state index contributed by atoms with van der Waals surface area (Å²) >= 11 is 0. The van der Waals surface area contributed by atoms with E-state index in [0.717, 1.165) is 68.4 Å². The number of nitrogens with zero attached hydrogens (tertiary/aromatic N) is 3. The van der Waals surface area contributed by atoms with Crippen LogP contribution in [0.5, 0.6) is 0 Å². The molecule has 15 nitrogen and oxygen atoms in total. The van der Waals surface area contributed by atoms with Crippen molar-refractivity contribution in [1.29, 1.82) is 0 Å². The number of carbonyl (C=O) groups excluding carboxylic acids is 3. The van der Waals surface area contributed by atoms with Crippen LogP contribution in [-0.4, -0.2) is 163 Å². The summed E-state index contributed by atoms with van der Waals surface area (Å²) in [6.07, 6.45) is 5.44. The van der Waals surface area contributed by atoms with Crippen LogP contribution in [0.2, 0.25) is 0 Å². The Bertz CT molecular complexity index is 1950. The Morgan fingerprint density at radius 1 is 0.563 bits per heavy atom. The van der Waals surface area contributed by atoms with Crippen molar-refractivity contribution in [3.8, 4) is 0 Å². The molecule has 3 N–H and O–H groups in total. The number of hydrogen-bond acceptors (Lipinski definition) is 15. The highest BCUT2D eigenvalue weighted by Gasteiger charge is 2.43. The molecule has 3 aromatic rings. The molecule has 6 rings (SSSR count). The van der Waals surface area contributed by atoms with E-state index in [-0.39, 0.29) is 82.9 Å². The van der Waals surface area contributed by atoms with Crippen LogP contribution in [0.25, 0.3) is 0 Å². The van der Waals surface area contributed by atoms with Crippen LogP contribution in [0.15, 0.2) is 91.0 Å². The molecule has 3 aliphatic heterocycles. The van der Waals surface area contributed by atoms with E-state index >= 15 is 0 Å². The normalized spacial score (nSPS) is 22.1. The maximum absolute atomic E-state index is 12.3. The van der Waals surface area contributed by atoms with Crippen molar-refractivity contribution in [2.24, 2.45) is 11.8 Å². The molecule has 0 amide bonds. The summed E-state index contributed by atoms with van der Waals surface area (Å²) in [5.74, 6) is -0.00830. The van der Waals surface area contributed by atoms with Gasteiger partial charge in [-0.2, -0.15) is 0 Å². The van der Waals surface area contributed by atoms with Crippen molar-refractivity contribution >= 4 is 17.9 Å². The summed E-state index contributed by atoms with van der Waals surface area (Å²) < 4.78 is 33.6. The fourth-order valence-corrected chi connectivity index (χ4v) is 10.4. The summed E-state index contributed by atoms with van der Waals surface area (Å²) in [6, 6.07) is 29.7. The maximum Gasteiger partial charge on any atom is 0.306 e. The van der Waals surface area contributed by atoms with Crippen molar-refractivity contribution in [3.63, 3.8) is 0 Å². The first-order valence-corrected chi connectivity index (χ1v) is 26.2. The number of aliphatic hydroxyl groups is 3. The fraction of sp³-hybridized carbons (Fsp3) is 0.625. The highest BCUT2D eigenvalue weighted by molar-refractivity contribution is 5.70. The smallest absolute Gasteiger partial charge is 0.306 e. The number of benzene rings is 3. The largest absolute Gasteiger partial charge is 0.461 e. The minimum absolute atomic E-state index is 0.177. The van der Waals surface area contributed by atoms with Gasteiger partial charge in [0.25, 0.3) is 0 Å². The number of rotatable bonds is 33. The van der Waals surface area contributed by atoms with Gasteiger partial charge in [0.2, 0.25) is 0 Å². The molecule has 0 aliphatic carbocycles. The van der Waals surface area contributed by atoms with E-state index in [4.69, 9.17) is 28.4 Å². The summed E-state index contributed by atoms with van der Waals surface area (Å²) in [7, 11) is 0. The molecule has 0 saturated carbocycles. The predicted molar refractivity (Wildman–Crippen MR) is 269 cm³/mol. The molecule has 3 saturated heterocycles. The van der Waals surface area contributed by atoms with Crippen LogP contribution in [0.1, 0.15) is 94.2 Å². The third-order valence-corrected chi connectivity index (χ3v) is 13.9. The Labute approximate surface area is 421 Å². The molecule has 6 unspecified atom stereocenters. The number of esters is 3. The molecular formula is C56H81N3O12. The van der Waals surface area contributed by atoms with E-state index in [0.29, 0.717) is 82.6 Å². The Kier molecular flexibility index (Phi) is 24.7. The molecule has 0 radical (unpaired) electrons. The van der Waals surface area contributed by atoms with Gasteiger partial charge < -0.3 is 43.7 Å². The highest BCUT2D eigenvalue weighted by Crippen LogP contribution is 2.38. The Balaban J connectivity index is 0.924. The molecule has 71 heavy (non-hydrogen) atoms. The van der Waals surface area contributed by atoms with E-state index in [1.54, 1.807) is 0 Å². The Hall–Kier alpha value is -4.29. The van der Waals surface area contributed by atoms with Gasteiger partial charge in [0.15, 0.2) is 0 Å². The van der Waals surface area contributed by atoms with E-state index < -0.39 is 18.3 Å². The quantitative estimate of drug-likeness (QED) is 0.0371. The summed E-state index contributed by atoms with van der Waals surface area (Å²) in [4.78, 5) is 44.0. The van der Waals surface area contributed by atoms with Gasteiger partial charge in [0.1, 0.15) is 19.8 Å². The van der Waals surface area contributed by atoms with Crippen molar-refractivity contribution in [2.45, 2.75) is 134 Å². The number of likely N-dealkylation sites (tertiary alicyclic amines) is 3. The third kappa shape index (κ3) is 21.0. The molecule has 8 atom stereocenters. The van der Waals surface area contributed by atoms with Crippen molar-refractivity contribution in [3.05, 3.63) is 108 Å². The monoisotopic (exact) mass is 988 g/mol. The Morgan fingerprint density at radius 2 is 0.986 bits per heavy atom. The average Bonchev–Trinajstić information content (AvgIpc) is 4.10. The second-order valence-corrected chi connectivity index (χ2v) is 19.9. The van der Waals surface area contributed by atoms with Gasteiger partial charge in [-0.1, -0.05) is 91.0 Å². The fourth-order valence-electron chi connectivity index (χ4n) is 10.4.